The van der Waals surface area contributed by atoms with Gasteiger partial charge in [0, 0.05) is 31.6 Å². The summed E-state index contributed by atoms with van der Waals surface area (Å²) in [6, 6.07) is 9.86. The summed E-state index contributed by atoms with van der Waals surface area (Å²) >= 11 is 0. The Kier molecular flexibility index (Phi) is 8.17. The second kappa shape index (κ2) is 10.4. The van der Waals surface area contributed by atoms with Crippen molar-refractivity contribution in [2.45, 2.75) is 52.9 Å². The Bertz CT molecular complexity index is 850. The molecule has 164 valence electrons. The fourth-order valence-corrected chi connectivity index (χ4v) is 2.94. The number of hydrogen-bond donors (Lipinski definition) is 1. The minimum atomic E-state index is -0.260. The number of aryl methyl sites for hydroxylation is 1. The molecule has 1 aromatic heterocycles. The third kappa shape index (κ3) is 6.42. The van der Waals surface area contributed by atoms with E-state index < -0.39 is 0 Å². The lowest BCUT2D eigenvalue weighted by Gasteiger charge is -2.21. The van der Waals surface area contributed by atoms with Gasteiger partial charge in [-0.15, -0.1) is 0 Å². The monoisotopic (exact) mass is 414 g/mol. The van der Waals surface area contributed by atoms with Crippen LogP contribution in [0.1, 0.15) is 51.8 Å². The van der Waals surface area contributed by atoms with E-state index in [0.717, 1.165) is 23.4 Å². The van der Waals surface area contributed by atoms with Crippen LogP contribution in [0.25, 0.3) is 5.69 Å². The average molecular weight is 415 g/mol. The van der Waals surface area contributed by atoms with Crippen molar-refractivity contribution in [2.24, 2.45) is 0 Å². The zero-order chi connectivity index (χ0) is 22.3. The normalized spacial score (nSPS) is 11.4. The Morgan fingerprint density at radius 2 is 1.87 bits per heavy atom. The minimum absolute atomic E-state index is 0.0217. The number of carbonyl (C=O) groups is 2. The van der Waals surface area contributed by atoms with E-state index in [-0.39, 0.29) is 23.8 Å². The van der Waals surface area contributed by atoms with Gasteiger partial charge in [-0.05, 0) is 25.5 Å². The van der Waals surface area contributed by atoms with Crippen molar-refractivity contribution in [3.8, 4) is 5.69 Å². The predicted octanol–water partition coefficient (Wildman–Crippen LogP) is 3.69. The Morgan fingerprint density at radius 3 is 2.43 bits per heavy atom. The van der Waals surface area contributed by atoms with Crippen LogP contribution < -0.4 is 5.32 Å². The molecule has 2 amide bonds. The molecule has 7 heteroatoms. The molecule has 1 heterocycles. The van der Waals surface area contributed by atoms with E-state index in [0.29, 0.717) is 25.4 Å². The molecule has 0 spiro atoms. The Morgan fingerprint density at radius 1 is 1.20 bits per heavy atom. The maximum absolute atomic E-state index is 12.8. The first kappa shape index (κ1) is 23.6. The number of nitrogens with zero attached hydrogens (tertiary/aromatic N) is 3. The lowest BCUT2D eigenvalue weighted by atomic mass is 9.92. The summed E-state index contributed by atoms with van der Waals surface area (Å²) in [5, 5.41) is 7.68. The maximum atomic E-state index is 12.8. The summed E-state index contributed by atoms with van der Waals surface area (Å²) in [6.07, 6.45) is 1.14. The van der Waals surface area contributed by atoms with Crippen LogP contribution in [0.4, 0.5) is 5.82 Å². The summed E-state index contributed by atoms with van der Waals surface area (Å²) < 4.78 is 6.83. The average Bonchev–Trinajstić information content (AvgIpc) is 3.10. The molecule has 0 atom stereocenters. The number of amides is 2. The van der Waals surface area contributed by atoms with Crippen LogP contribution in [0.2, 0.25) is 0 Å². The SMILES string of the molecule is CCCC(=O)N(CCOC)CC(=O)Nc1cc(C(C)(C)C)nn1-c1ccc(C)cc1. The molecule has 30 heavy (non-hydrogen) atoms. The Balaban J connectivity index is 2.26. The van der Waals surface area contributed by atoms with Crippen molar-refractivity contribution < 1.29 is 14.3 Å². The lowest BCUT2D eigenvalue weighted by Crippen LogP contribution is -2.40. The summed E-state index contributed by atoms with van der Waals surface area (Å²) in [5.41, 5.74) is 2.72. The fourth-order valence-electron chi connectivity index (χ4n) is 2.94. The molecule has 0 unspecified atom stereocenters. The number of methoxy groups -OCH3 is 1. The molecule has 0 saturated heterocycles. The van der Waals surface area contributed by atoms with E-state index in [1.807, 2.05) is 44.2 Å². The van der Waals surface area contributed by atoms with Gasteiger partial charge in [0.15, 0.2) is 0 Å². The molecule has 2 aromatic rings. The molecule has 0 aliphatic heterocycles. The topological polar surface area (TPSA) is 76.5 Å². The van der Waals surface area contributed by atoms with E-state index in [9.17, 15) is 9.59 Å². The highest BCUT2D eigenvalue weighted by Crippen LogP contribution is 2.26. The summed E-state index contributed by atoms with van der Waals surface area (Å²) in [4.78, 5) is 26.7. The van der Waals surface area contributed by atoms with Crippen LogP contribution >= 0.6 is 0 Å². The highest BCUT2D eigenvalue weighted by atomic mass is 16.5. The van der Waals surface area contributed by atoms with Gasteiger partial charge < -0.3 is 15.0 Å². The maximum Gasteiger partial charge on any atom is 0.245 e. The number of nitrogens with one attached hydrogen (secondary N) is 1. The van der Waals surface area contributed by atoms with Crippen LogP contribution in [0.5, 0.6) is 0 Å². The molecule has 0 radical (unpaired) electrons. The molecule has 7 nitrogen and oxygen atoms in total. The molecule has 0 aliphatic rings. The molecule has 0 bridgehead atoms. The van der Waals surface area contributed by atoms with Crippen LogP contribution in [0.3, 0.4) is 0 Å². The van der Waals surface area contributed by atoms with Crippen LogP contribution in [-0.2, 0) is 19.7 Å². The number of carbonyl (C=O) groups excluding carboxylic acids is 2. The van der Waals surface area contributed by atoms with Crippen molar-refractivity contribution >= 4 is 17.6 Å². The van der Waals surface area contributed by atoms with Gasteiger partial charge in [-0.1, -0.05) is 45.4 Å². The van der Waals surface area contributed by atoms with Gasteiger partial charge in [0.1, 0.15) is 5.82 Å². The second-order valence-electron chi connectivity index (χ2n) is 8.52. The summed E-state index contributed by atoms with van der Waals surface area (Å²) in [6.45, 7) is 11.0. The van der Waals surface area contributed by atoms with E-state index in [1.54, 1.807) is 16.7 Å². The van der Waals surface area contributed by atoms with Crippen molar-refractivity contribution in [2.75, 3.05) is 32.1 Å². The van der Waals surface area contributed by atoms with Crippen LogP contribution in [-0.4, -0.2) is 53.3 Å². The first-order valence-corrected chi connectivity index (χ1v) is 10.4. The van der Waals surface area contributed by atoms with Gasteiger partial charge in [-0.25, -0.2) is 4.68 Å². The quantitative estimate of drug-likeness (QED) is 0.679. The van der Waals surface area contributed by atoms with E-state index >= 15 is 0 Å². The standard InChI is InChI=1S/C23H34N4O3/c1-7-8-22(29)26(13-14-30-6)16-21(28)24-20-15-19(23(3,4)5)25-27(20)18-11-9-17(2)10-12-18/h9-12,15H,7-8,13-14,16H2,1-6H3,(H,24,28). The Labute approximate surface area is 179 Å². The highest BCUT2D eigenvalue weighted by Gasteiger charge is 2.23. The van der Waals surface area contributed by atoms with E-state index in [4.69, 9.17) is 9.84 Å². The fraction of sp³-hybridized carbons (Fsp3) is 0.522. The number of ether oxygens (including phenoxy) is 1. The molecular weight excluding hydrogens is 380 g/mol. The molecule has 2 rings (SSSR count). The van der Waals surface area contributed by atoms with Crippen molar-refractivity contribution in [3.05, 3.63) is 41.6 Å². The molecule has 0 saturated carbocycles. The molecular formula is C23H34N4O3. The van der Waals surface area contributed by atoms with E-state index in [2.05, 4.69) is 26.1 Å². The number of aromatic nitrogens is 2. The number of anilines is 1. The summed E-state index contributed by atoms with van der Waals surface area (Å²) in [5.74, 6) is 0.278. The van der Waals surface area contributed by atoms with Gasteiger partial charge in [0.05, 0.1) is 24.5 Å². The summed E-state index contributed by atoms with van der Waals surface area (Å²) in [7, 11) is 1.58. The van der Waals surface area contributed by atoms with E-state index in [1.165, 1.54) is 0 Å². The Hall–Kier alpha value is -2.67. The van der Waals surface area contributed by atoms with Gasteiger partial charge in [0.2, 0.25) is 11.8 Å². The number of benzene rings is 1. The molecule has 1 N–H and O–H groups in total. The van der Waals surface area contributed by atoms with Gasteiger partial charge in [-0.2, -0.15) is 5.10 Å². The number of rotatable bonds is 9. The third-order valence-electron chi connectivity index (χ3n) is 4.74. The highest BCUT2D eigenvalue weighted by molar-refractivity contribution is 5.94. The molecule has 0 aliphatic carbocycles. The van der Waals surface area contributed by atoms with Crippen LogP contribution in [0.15, 0.2) is 30.3 Å². The first-order valence-electron chi connectivity index (χ1n) is 10.4. The lowest BCUT2D eigenvalue weighted by molar-refractivity contribution is -0.135. The van der Waals surface area contributed by atoms with Gasteiger partial charge in [-0.3, -0.25) is 9.59 Å². The van der Waals surface area contributed by atoms with Crippen LogP contribution in [0, 0.1) is 6.92 Å². The van der Waals surface area contributed by atoms with Crippen molar-refractivity contribution in [3.63, 3.8) is 0 Å². The molecule has 1 aromatic carbocycles. The van der Waals surface area contributed by atoms with Crippen molar-refractivity contribution in [1.82, 2.24) is 14.7 Å². The second-order valence-corrected chi connectivity index (χ2v) is 8.52. The largest absolute Gasteiger partial charge is 0.383 e. The first-order chi connectivity index (χ1) is 14.2. The zero-order valence-corrected chi connectivity index (χ0v) is 19.0. The zero-order valence-electron chi connectivity index (χ0n) is 19.0. The molecule has 0 fully saturated rings. The number of hydrogen-bond acceptors (Lipinski definition) is 4. The van der Waals surface area contributed by atoms with Gasteiger partial charge in [0.25, 0.3) is 0 Å². The minimum Gasteiger partial charge on any atom is -0.383 e. The smallest absolute Gasteiger partial charge is 0.245 e. The predicted molar refractivity (Wildman–Crippen MR) is 119 cm³/mol. The van der Waals surface area contributed by atoms with Gasteiger partial charge >= 0.3 is 0 Å². The third-order valence-corrected chi connectivity index (χ3v) is 4.74. The van der Waals surface area contributed by atoms with Crippen molar-refractivity contribution in [1.29, 1.82) is 0 Å².